The number of halogens is 1. The standard InChI is InChI=1S/C17H22N2O5.ClH/c1-23-16(21)12-8-13(17(22)24-2)10-14(9-12)19-15(20)7-11-3-5-18-6-4-11;/h8-11,18H,3-7H2,1-2H3,(H,19,20);1H. The van der Waals surface area contributed by atoms with Crippen LogP contribution in [0.25, 0.3) is 0 Å². The molecular weight excluding hydrogens is 348 g/mol. The number of piperidine rings is 1. The van der Waals surface area contributed by atoms with E-state index in [1.807, 2.05) is 0 Å². The van der Waals surface area contributed by atoms with Gasteiger partial charge in [-0.05, 0) is 50.0 Å². The Morgan fingerprint density at radius 2 is 1.56 bits per heavy atom. The molecule has 0 bridgehead atoms. The van der Waals surface area contributed by atoms with Crippen molar-refractivity contribution in [3.05, 3.63) is 29.3 Å². The van der Waals surface area contributed by atoms with Gasteiger partial charge in [-0.25, -0.2) is 9.59 Å². The van der Waals surface area contributed by atoms with Crippen molar-refractivity contribution < 1.29 is 23.9 Å². The van der Waals surface area contributed by atoms with E-state index in [4.69, 9.17) is 0 Å². The fourth-order valence-corrected chi connectivity index (χ4v) is 2.73. The van der Waals surface area contributed by atoms with Crippen molar-refractivity contribution in [2.45, 2.75) is 19.3 Å². The highest BCUT2D eigenvalue weighted by atomic mass is 35.5. The molecule has 8 heteroatoms. The van der Waals surface area contributed by atoms with Gasteiger partial charge in [-0.15, -0.1) is 12.4 Å². The number of hydrogen-bond acceptors (Lipinski definition) is 6. The first-order chi connectivity index (χ1) is 11.5. The summed E-state index contributed by atoms with van der Waals surface area (Å²) in [6.45, 7) is 1.84. The molecule has 0 spiro atoms. The number of hydrogen-bond donors (Lipinski definition) is 2. The van der Waals surface area contributed by atoms with Crippen LogP contribution in [0.3, 0.4) is 0 Å². The van der Waals surface area contributed by atoms with E-state index in [-0.39, 0.29) is 29.4 Å². The van der Waals surface area contributed by atoms with Gasteiger partial charge in [0.25, 0.3) is 0 Å². The number of anilines is 1. The second-order valence-corrected chi connectivity index (χ2v) is 5.73. The zero-order valence-corrected chi connectivity index (χ0v) is 15.1. The van der Waals surface area contributed by atoms with Gasteiger partial charge in [-0.2, -0.15) is 0 Å². The number of nitrogens with one attached hydrogen (secondary N) is 2. The van der Waals surface area contributed by atoms with Crippen molar-refractivity contribution in [3.8, 4) is 0 Å². The molecule has 1 aromatic carbocycles. The third-order valence-corrected chi connectivity index (χ3v) is 3.99. The van der Waals surface area contributed by atoms with Crippen LogP contribution in [0.2, 0.25) is 0 Å². The maximum Gasteiger partial charge on any atom is 0.337 e. The molecule has 138 valence electrons. The van der Waals surface area contributed by atoms with Crippen LogP contribution in [-0.4, -0.2) is 45.2 Å². The molecule has 0 unspecified atom stereocenters. The van der Waals surface area contributed by atoms with E-state index in [2.05, 4.69) is 20.1 Å². The first-order valence-corrected chi connectivity index (χ1v) is 7.85. The van der Waals surface area contributed by atoms with Crippen molar-refractivity contribution in [1.29, 1.82) is 0 Å². The Balaban J connectivity index is 0.00000312. The minimum absolute atomic E-state index is 0. The average Bonchev–Trinajstić information content (AvgIpc) is 2.60. The van der Waals surface area contributed by atoms with Gasteiger partial charge in [0.05, 0.1) is 25.3 Å². The lowest BCUT2D eigenvalue weighted by molar-refractivity contribution is -0.117. The highest BCUT2D eigenvalue weighted by Gasteiger charge is 2.18. The topological polar surface area (TPSA) is 93.7 Å². The van der Waals surface area contributed by atoms with E-state index < -0.39 is 11.9 Å². The third-order valence-electron chi connectivity index (χ3n) is 3.99. The summed E-state index contributed by atoms with van der Waals surface area (Å²) in [5, 5.41) is 6.01. The van der Waals surface area contributed by atoms with Gasteiger partial charge in [0.1, 0.15) is 0 Å². The Bertz CT molecular complexity index is 595. The van der Waals surface area contributed by atoms with Crippen LogP contribution in [0.15, 0.2) is 18.2 Å². The van der Waals surface area contributed by atoms with Gasteiger partial charge in [-0.3, -0.25) is 4.79 Å². The largest absolute Gasteiger partial charge is 0.465 e. The van der Waals surface area contributed by atoms with E-state index in [0.717, 1.165) is 25.9 Å². The summed E-state index contributed by atoms with van der Waals surface area (Å²) in [5.41, 5.74) is 0.729. The van der Waals surface area contributed by atoms with Crippen molar-refractivity contribution in [3.63, 3.8) is 0 Å². The second kappa shape index (κ2) is 10.0. The number of esters is 2. The number of ether oxygens (including phenoxy) is 2. The fourth-order valence-electron chi connectivity index (χ4n) is 2.73. The first kappa shape index (κ1) is 20.9. The monoisotopic (exact) mass is 370 g/mol. The predicted octanol–water partition coefficient (Wildman–Crippen LogP) is 2.01. The van der Waals surface area contributed by atoms with Crippen LogP contribution >= 0.6 is 12.4 Å². The zero-order valence-electron chi connectivity index (χ0n) is 14.3. The molecule has 0 atom stereocenters. The lowest BCUT2D eigenvalue weighted by Crippen LogP contribution is -2.30. The van der Waals surface area contributed by atoms with Gasteiger partial charge in [-0.1, -0.05) is 0 Å². The summed E-state index contributed by atoms with van der Waals surface area (Å²) >= 11 is 0. The fraction of sp³-hybridized carbons (Fsp3) is 0.471. The SMILES string of the molecule is COC(=O)c1cc(NC(=O)CC2CCNCC2)cc(C(=O)OC)c1.Cl. The summed E-state index contributed by atoms with van der Waals surface area (Å²) in [6, 6.07) is 4.34. The predicted molar refractivity (Wildman–Crippen MR) is 95.2 cm³/mol. The summed E-state index contributed by atoms with van der Waals surface area (Å²) in [6.07, 6.45) is 2.34. The summed E-state index contributed by atoms with van der Waals surface area (Å²) in [4.78, 5) is 35.7. The molecular formula is C17H23ClN2O5. The lowest BCUT2D eigenvalue weighted by atomic mass is 9.94. The zero-order chi connectivity index (χ0) is 17.5. The Labute approximate surface area is 152 Å². The molecule has 1 amide bonds. The van der Waals surface area contributed by atoms with Crippen molar-refractivity contribution >= 4 is 35.9 Å². The number of benzene rings is 1. The average molecular weight is 371 g/mol. The van der Waals surface area contributed by atoms with E-state index in [0.29, 0.717) is 18.0 Å². The normalized spacial score (nSPS) is 14.2. The number of methoxy groups -OCH3 is 2. The maximum atomic E-state index is 12.2. The third kappa shape index (κ3) is 6.03. The molecule has 25 heavy (non-hydrogen) atoms. The van der Waals surface area contributed by atoms with Crippen molar-refractivity contribution in [2.24, 2.45) is 5.92 Å². The smallest absolute Gasteiger partial charge is 0.337 e. The lowest BCUT2D eigenvalue weighted by Gasteiger charge is -2.22. The summed E-state index contributed by atoms with van der Waals surface area (Å²) in [5.74, 6) is -0.973. The highest BCUT2D eigenvalue weighted by molar-refractivity contribution is 5.99. The van der Waals surface area contributed by atoms with Gasteiger partial charge in [0, 0.05) is 12.1 Å². The quantitative estimate of drug-likeness (QED) is 0.770. The molecule has 1 aliphatic heterocycles. The molecule has 0 aromatic heterocycles. The number of carbonyl (C=O) groups is 3. The molecule has 1 aromatic rings. The molecule has 0 saturated carbocycles. The number of carbonyl (C=O) groups excluding carboxylic acids is 3. The molecule has 7 nitrogen and oxygen atoms in total. The molecule has 1 saturated heterocycles. The minimum Gasteiger partial charge on any atom is -0.465 e. The first-order valence-electron chi connectivity index (χ1n) is 7.85. The second-order valence-electron chi connectivity index (χ2n) is 5.73. The van der Waals surface area contributed by atoms with Crippen LogP contribution < -0.4 is 10.6 Å². The minimum atomic E-state index is -0.588. The Hall–Kier alpha value is -2.12. The van der Waals surface area contributed by atoms with E-state index in [1.54, 1.807) is 0 Å². The molecule has 2 rings (SSSR count). The van der Waals surface area contributed by atoms with Crippen LogP contribution in [0, 0.1) is 5.92 Å². The van der Waals surface area contributed by atoms with Crippen LogP contribution in [-0.2, 0) is 14.3 Å². The Morgan fingerprint density at radius 1 is 1.04 bits per heavy atom. The maximum absolute atomic E-state index is 12.2. The Morgan fingerprint density at radius 3 is 2.04 bits per heavy atom. The summed E-state index contributed by atoms with van der Waals surface area (Å²) < 4.78 is 9.35. The van der Waals surface area contributed by atoms with Crippen LogP contribution in [0.4, 0.5) is 5.69 Å². The van der Waals surface area contributed by atoms with E-state index >= 15 is 0 Å². The molecule has 1 heterocycles. The van der Waals surface area contributed by atoms with E-state index in [9.17, 15) is 14.4 Å². The number of amides is 1. The molecule has 0 radical (unpaired) electrons. The Kier molecular flexibility index (Phi) is 8.37. The van der Waals surface area contributed by atoms with Gasteiger partial charge in [0.15, 0.2) is 0 Å². The van der Waals surface area contributed by atoms with E-state index in [1.165, 1.54) is 32.4 Å². The van der Waals surface area contributed by atoms with Crippen LogP contribution in [0.5, 0.6) is 0 Å². The van der Waals surface area contributed by atoms with Crippen molar-refractivity contribution in [1.82, 2.24) is 5.32 Å². The number of rotatable bonds is 5. The van der Waals surface area contributed by atoms with Crippen LogP contribution in [0.1, 0.15) is 40.0 Å². The van der Waals surface area contributed by atoms with Crippen molar-refractivity contribution in [2.75, 3.05) is 32.6 Å². The van der Waals surface area contributed by atoms with Gasteiger partial charge < -0.3 is 20.1 Å². The van der Waals surface area contributed by atoms with Gasteiger partial charge in [0.2, 0.25) is 5.91 Å². The van der Waals surface area contributed by atoms with Gasteiger partial charge >= 0.3 is 11.9 Å². The molecule has 2 N–H and O–H groups in total. The molecule has 1 aliphatic rings. The molecule has 1 fully saturated rings. The molecule has 0 aliphatic carbocycles. The summed E-state index contributed by atoms with van der Waals surface area (Å²) in [7, 11) is 2.50. The highest BCUT2D eigenvalue weighted by Crippen LogP contribution is 2.20.